The van der Waals surface area contributed by atoms with E-state index in [-0.39, 0.29) is 17.7 Å². The van der Waals surface area contributed by atoms with Crippen LogP contribution in [0.2, 0.25) is 0 Å². The molecule has 0 radical (unpaired) electrons. The van der Waals surface area contributed by atoms with Gasteiger partial charge >= 0.3 is 0 Å². The molecule has 1 fully saturated rings. The Kier molecular flexibility index (Phi) is 3.91. The number of rotatable bonds is 3. The molecule has 0 aliphatic carbocycles. The molecule has 5 heterocycles. The van der Waals surface area contributed by atoms with E-state index in [1.165, 1.54) is 0 Å². The third kappa shape index (κ3) is 2.75. The smallest absolute Gasteiger partial charge is 0.242 e. The van der Waals surface area contributed by atoms with Gasteiger partial charge in [0.15, 0.2) is 5.69 Å². The number of halogens is 1. The molecule has 0 bridgehead atoms. The highest BCUT2D eigenvalue weighted by Gasteiger charge is 2.25. The summed E-state index contributed by atoms with van der Waals surface area (Å²) in [5.41, 5.74) is 3.49. The van der Waals surface area contributed by atoms with Crippen molar-refractivity contribution in [3.63, 3.8) is 0 Å². The van der Waals surface area contributed by atoms with Crippen LogP contribution in [0.3, 0.4) is 0 Å². The predicted molar refractivity (Wildman–Crippen MR) is 102 cm³/mol. The molecule has 0 aromatic carbocycles. The number of anilines is 1. The van der Waals surface area contributed by atoms with Crippen molar-refractivity contribution in [2.45, 2.75) is 18.6 Å². The van der Waals surface area contributed by atoms with Gasteiger partial charge in [-0.25, -0.2) is 13.9 Å². The second kappa shape index (κ2) is 6.58. The van der Waals surface area contributed by atoms with Crippen LogP contribution in [0, 0.1) is 11.3 Å². The molecule has 5 rings (SSSR count). The first-order chi connectivity index (χ1) is 13.7. The zero-order valence-electron chi connectivity index (χ0n) is 14.9. The summed E-state index contributed by atoms with van der Waals surface area (Å²) < 4.78 is 17.6. The number of piperidine rings is 1. The van der Waals surface area contributed by atoms with Crippen molar-refractivity contribution in [1.82, 2.24) is 29.3 Å². The summed E-state index contributed by atoms with van der Waals surface area (Å²) in [5, 5.41) is 20.2. The molecular weight excluding hydrogens is 359 g/mol. The second-order valence-corrected chi connectivity index (χ2v) is 6.79. The van der Waals surface area contributed by atoms with Gasteiger partial charge in [0, 0.05) is 42.5 Å². The lowest BCUT2D eigenvalue weighted by atomic mass is 10.1. The highest BCUT2D eigenvalue weighted by atomic mass is 19.1. The lowest BCUT2D eigenvalue weighted by Gasteiger charge is -2.27. The maximum absolute atomic E-state index is 14.1. The first-order valence-corrected chi connectivity index (χ1v) is 9.07. The van der Waals surface area contributed by atoms with Gasteiger partial charge in [-0.2, -0.15) is 10.2 Å². The van der Waals surface area contributed by atoms with E-state index >= 15 is 0 Å². The van der Waals surface area contributed by atoms with Crippen LogP contribution in [0.5, 0.6) is 0 Å². The quantitative estimate of drug-likeness (QED) is 0.568. The van der Waals surface area contributed by atoms with Crippen LogP contribution in [-0.4, -0.2) is 49.3 Å². The number of hydrogen-bond acceptors (Lipinski definition) is 6. The Bertz CT molecular complexity index is 1200. The normalized spacial score (nSPS) is 19.7. The van der Waals surface area contributed by atoms with Gasteiger partial charge in [-0.05, 0) is 31.2 Å². The van der Waals surface area contributed by atoms with Crippen molar-refractivity contribution in [2.24, 2.45) is 0 Å². The average Bonchev–Trinajstić information content (AvgIpc) is 3.35. The molecule has 8 nitrogen and oxygen atoms in total. The lowest BCUT2D eigenvalue weighted by Crippen LogP contribution is -2.45. The fourth-order valence-corrected chi connectivity index (χ4v) is 3.63. The number of nitriles is 1. The first-order valence-electron chi connectivity index (χ1n) is 9.07. The molecule has 1 aliphatic rings. The van der Waals surface area contributed by atoms with Crippen molar-refractivity contribution < 1.29 is 4.39 Å². The summed E-state index contributed by atoms with van der Waals surface area (Å²) in [6, 6.07) is 7.55. The molecule has 4 aromatic rings. The summed E-state index contributed by atoms with van der Waals surface area (Å²) >= 11 is 0. The van der Waals surface area contributed by atoms with Gasteiger partial charge in [-0.15, -0.1) is 5.10 Å². The number of nitrogens with zero attached hydrogens (tertiary/aromatic N) is 6. The second-order valence-electron chi connectivity index (χ2n) is 6.79. The minimum absolute atomic E-state index is 0.243. The zero-order chi connectivity index (χ0) is 19.1. The molecule has 0 spiro atoms. The maximum atomic E-state index is 14.1. The number of hydrogen-bond donors (Lipinski definition) is 2. The third-order valence-electron chi connectivity index (χ3n) is 5.04. The first kappa shape index (κ1) is 16.6. The van der Waals surface area contributed by atoms with Crippen molar-refractivity contribution in [3.05, 3.63) is 48.7 Å². The van der Waals surface area contributed by atoms with Crippen molar-refractivity contribution in [3.8, 4) is 17.2 Å². The van der Waals surface area contributed by atoms with E-state index in [0.717, 1.165) is 23.3 Å². The van der Waals surface area contributed by atoms with Crippen molar-refractivity contribution in [2.75, 3.05) is 18.4 Å². The third-order valence-corrected chi connectivity index (χ3v) is 5.04. The van der Waals surface area contributed by atoms with Gasteiger partial charge in [0.25, 0.3) is 0 Å². The van der Waals surface area contributed by atoms with E-state index in [2.05, 4.69) is 31.8 Å². The Morgan fingerprint density at radius 1 is 1.29 bits per heavy atom. The van der Waals surface area contributed by atoms with Gasteiger partial charge in [0.2, 0.25) is 5.95 Å². The Morgan fingerprint density at radius 3 is 3.07 bits per heavy atom. The number of imidazole rings is 1. The highest BCUT2D eigenvalue weighted by Crippen LogP contribution is 2.28. The van der Waals surface area contributed by atoms with Crippen molar-refractivity contribution in [1.29, 1.82) is 5.26 Å². The monoisotopic (exact) mass is 376 g/mol. The van der Waals surface area contributed by atoms with Crippen LogP contribution in [0.25, 0.3) is 22.3 Å². The minimum Gasteiger partial charge on any atom is -0.347 e. The van der Waals surface area contributed by atoms with Crippen LogP contribution in [0.1, 0.15) is 12.1 Å². The highest BCUT2D eigenvalue weighted by molar-refractivity contribution is 5.84. The van der Waals surface area contributed by atoms with Gasteiger partial charge in [-0.1, -0.05) is 0 Å². The van der Waals surface area contributed by atoms with Gasteiger partial charge in [0.1, 0.15) is 23.4 Å². The SMILES string of the molecule is N#Cc1nc(NC2CCNCC2F)nn2ccc(-c3ccc4nccn4c3)c12. The number of alkyl halides is 1. The van der Waals surface area contributed by atoms with E-state index in [9.17, 15) is 9.65 Å². The average molecular weight is 376 g/mol. The van der Waals surface area contributed by atoms with Gasteiger partial charge < -0.3 is 15.0 Å². The van der Waals surface area contributed by atoms with E-state index in [1.54, 1.807) is 16.9 Å². The molecule has 0 amide bonds. The molecule has 2 unspecified atom stereocenters. The maximum Gasteiger partial charge on any atom is 0.242 e. The largest absolute Gasteiger partial charge is 0.347 e. The summed E-state index contributed by atoms with van der Waals surface area (Å²) in [7, 11) is 0. The fraction of sp³-hybridized carbons (Fsp3) is 0.263. The zero-order valence-corrected chi connectivity index (χ0v) is 14.9. The summed E-state index contributed by atoms with van der Waals surface area (Å²) in [6.07, 6.45) is 6.94. The van der Waals surface area contributed by atoms with Crippen LogP contribution >= 0.6 is 0 Å². The molecule has 0 saturated carbocycles. The molecule has 140 valence electrons. The minimum atomic E-state index is -1.03. The van der Waals surface area contributed by atoms with Crippen LogP contribution < -0.4 is 10.6 Å². The van der Waals surface area contributed by atoms with Crippen LogP contribution in [0.15, 0.2) is 43.0 Å². The summed E-state index contributed by atoms with van der Waals surface area (Å²) in [5.74, 6) is 0.255. The molecule has 1 aliphatic heterocycles. The lowest BCUT2D eigenvalue weighted by molar-refractivity contribution is 0.244. The standard InChI is InChI=1S/C19H17FN8/c20-14-10-22-5-3-15(14)24-19-25-16(9-21)18-13(4-7-28(18)26-19)12-1-2-17-23-6-8-27(17)11-12/h1-2,4,6-8,11,14-15,22H,3,5,10H2,(H,24,26). The number of nitrogens with one attached hydrogen (secondary N) is 2. The van der Waals surface area contributed by atoms with E-state index < -0.39 is 6.17 Å². The van der Waals surface area contributed by atoms with Gasteiger partial charge in [-0.3, -0.25) is 0 Å². The van der Waals surface area contributed by atoms with Gasteiger partial charge in [0.05, 0.1) is 6.04 Å². The molecule has 1 saturated heterocycles. The van der Waals surface area contributed by atoms with E-state index in [1.807, 2.05) is 35.0 Å². The Balaban J connectivity index is 1.56. The van der Waals surface area contributed by atoms with E-state index in [4.69, 9.17) is 0 Å². The number of pyridine rings is 1. The molecule has 28 heavy (non-hydrogen) atoms. The summed E-state index contributed by atoms with van der Waals surface area (Å²) in [6.45, 7) is 1.03. The van der Waals surface area contributed by atoms with Crippen LogP contribution in [0.4, 0.5) is 10.3 Å². The Labute approximate surface area is 159 Å². The molecule has 4 aromatic heterocycles. The number of aromatic nitrogens is 5. The summed E-state index contributed by atoms with van der Waals surface area (Å²) in [4.78, 5) is 8.60. The molecule has 9 heteroatoms. The van der Waals surface area contributed by atoms with E-state index in [0.29, 0.717) is 18.5 Å². The molecular formula is C19H17FN8. The predicted octanol–water partition coefficient (Wildman–Crippen LogP) is 2.03. The van der Waals surface area contributed by atoms with Crippen LogP contribution in [-0.2, 0) is 0 Å². The Morgan fingerprint density at radius 2 is 2.21 bits per heavy atom. The molecule has 2 atom stereocenters. The number of fused-ring (bicyclic) bond motifs is 2. The molecule has 2 N–H and O–H groups in total. The fourth-order valence-electron chi connectivity index (χ4n) is 3.63. The topological polar surface area (TPSA) is 95.3 Å². The van der Waals surface area contributed by atoms with Crippen molar-refractivity contribution >= 4 is 17.1 Å². The Hall–Kier alpha value is -3.51.